The molecule has 5 heteroatoms. The van der Waals surface area contributed by atoms with E-state index in [1.54, 1.807) is 6.07 Å². The first kappa shape index (κ1) is 17.6. The minimum Gasteiger partial charge on any atom is -0.744 e. The van der Waals surface area contributed by atoms with E-state index in [0.717, 1.165) is 5.92 Å². The van der Waals surface area contributed by atoms with E-state index in [9.17, 15) is 13.0 Å². The summed E-state index contributed by atoms with van der Waals surface area (Å²) >= 11 is 0. The fraction of sp³-hybridized carbons (Fsp3) is 0.400. The minimum absolute atomic E-state index is 0. The molecule has 3 nitrogen and oxygen atoms in total. The van der Waals surface area contributed by atoms with Crippen molar-refractivity contribution in [2.45, 2.75) is 25.7 Å². The van der Waals surface area contributed by atoms with Crippen LogP contribution in [-0.2, 0) is 42.8 Å². The van der Waals surface area contributed by atoms with Crippen LogP contribution in [0.15, 0.2) is 35.2 Å². The first-order chi connectivity index (χ1) is 6.34. The molecule has 1 radical (unpaired) electrons. The topological polar surface area (TPSA) is 57.2 Å². The molecule has 0 atom stereocenters. The van der Waals surface area contributed by atoms with Crippen molar-refractivity contribution in [2.24, 2.45) is 5.92 Å². The average molecular weight is 304 g/mol. The van der Waals surface area contributed by atoms with Crippen molar-refractivity contribution >= 4 is 10.1 Å². The van der Waals surface area contributed by atoms with E-state index in [1.807, 2.05) is 0 Å². The number of hydrogen-bond acceptors (Lipinski definition) is 3. The van der Waals surface area contributed by atoms with Crippen LogP contribution in [0.25, 0.3) is 0 Å². The van der Waals surface area contributed by atoms with Crippen molar-refractivity contribution < 1.29 is 45.7 Å². The Labute approximate surface area is 117 Å². The summed E-state index contributed by atoms with van der Waals surface area (Å²) in [6, 6.07) is 7.19. The van der Waals surface area contributed by atoms with Crippen LogP contribution in [0.1, 0.15) is 20.8 Å². The normalized spacial score (nSPS) is 9.93. The summed E-state index contributed by atoms with van der Waals surface area (Å²) in [5, 5.41) is 0. The second kappa shape index (κ2) is 8.39. The van der Waals surface area contributed by atoms with Crippen LogP contribution in [-0.4, -0.2) is 13.0 Å². The number of benzene rings is 1. The molecule has 0 unspecified atom stereocenters. The zero-order chi connectivity index (χ0) is 11.2. The molecule has 0 aliphatic carbocycles. The molecule has 0 heterocycles. The molecule has 0 aliphatic rings. The first-order valence-electron chi connectivity index (χ1n) is 4.35. The van der Waals surface area contributed by atoms with E-state index < -0.39 is 10.1 Å². The van der Waals surface area contributed by atoms with Crippen molar-refractivity contribution in [3.05, 3.63) is 30.3 Å². The van der Waals surface area contributed by atoms with Gasteiger partial charge in [-0.15, -0.1) is 0 Å². The summed E-state index contributed by atoms with van der Waals surface area (Å²) in [4.78, 5) is -0.185. The van der Waals surface area contributed by atoms with Crippen LogP contribution in [0.5, 0.6) is 0 Å². The van der Waals surface area contributed by atoms with Crippen LogP contribution in [0, 0.1) is 5.92 Å². The molecule has 1 aromatic carbocycles. The van der Waals surface area contributed by atoms with E-state index >= 15 is 0 Å². The van der Waals surface area contributed by atoms with Crippen LogP contribution in [0.2, 0.25) is 0 Å². The Bertz CT molecular complexity index is 343. The largest absolute Gasteiger partial charge is 0.744 e. The van der Waals surface area contributed by atoms with Gasteiger partial charge >= 0.3 is 0 Å². The van der Waals surface area contributed by atoms with Gasteiger partial charge in [-0.3, -0.25) is 0 Å². The molecule has 0 N–H and O–H groups in total. The molecule has 0 spiro atoms. The predicted molar refractivity (Wildman–Crippen MR) is 54.9 cm³/mol. The van der Waals surface area contributed by atoms with Gasteiger partial charge in [0.25, 0.3) is 0 Å². The SMILES string of the molecule is CC(C)C.O=S(=O)([O-])c1ccccc1.[Y]. The van der Waals surface area contributed by atoms with Gasteiger partial charge in [-0.1, -0.05) is 39.0 Å². The van der Waals surface area contributed by atoms with Gasteiger partial charge in [-0.2, -0.15) is 0 Å². The van der Waals surface area contributed by atoms with E-state index in [-0.39, 0.29) is 37.6 Å². The van der Waals surface area contributed by atoms with Gasteiger partial charge in [0.05, 0.1) is 4.90 Å². The van der Waals surface area contributed by atoms with E-state index in [1.165, 1.54) is 24.3 Å². The van der Waals surface area contributed by atoms with Gasteiger partial charge in [0.2, 0.25) is 0 Å². The van der Waals surface area contributed by atoms with Crippen molar-refractivity contribution in [3.63, 3.8) is 0 Å². The molecule has 0 amide bonds. The second-order valence-corrected chi connectivity index (χ2v) is 4.88. The van der Waals surface area contributed by atoms with Crippen LogP contribution in [0.3, 0.4) is 0 Å². The Morgan fingerprint density at radius 2 is 1.40 bits per heavy atom. The monoisotopic (exact) mass is 304 g/mol. The average Bonchev–Trinajstić information content (AvgIpc) is 2.03. The Balaban J connectivity index is 0. The Hall–Kier alpha value is 0.234. The maximum absolute atomic E-state index is 10.3. The van der Waals surface area contributed by atoms with Gasteiger partial charge in [0, 0.05) is 32.7 Å². The Kier molecular flexibility index (Phi) is 9.86. The molecule has 83 valence electrons. The van der Waals surface area contributed by atoms with Crippen molar-refractivity contribution in [2.75, 3.05) is 0 Å². The zero-order valence-corrected chi connectivity index (χ0v) is 12.8. The Morgan fingerprint density at radius 3 is 1.60 bits per heavy atom. The van der Waals surface area contributed by atoms with Gasteiger partial charge in [0.1, 0.15) is 10.1 Å². The maximum Gasteiger partial charge on any atom is 0.124 e. The second-order valence-electron chi connectivity index (χ2n) is 3.50. The van der Waals surface area contributed by atoms with Crippen molar-refractivity contribution in [1.82, 2.24) is 0 Å². The molecule has 1 rings (SSSR count). The summed E-state index contributed by atoms with van der Waals surface area (Å²) in [5.41, 5.74) is 0. The summed E-state index contributed by atoms with van der Waals surface area (Å²) < 4.78 is 30.8. The summed E-state index contributed by atoms with van der Waals surface area (Å²) in [6.45, 7) is 6.50. The predicted octanol–water partition coefficient (Wildman–Crippen LogP) is 2.25. The smallest absolute Gasteiger partial charge is 0.124 e. The molecule has 0 saturated carbocycles. The zero-order valence-electron chi connectivity index (χ0n) is 9.17. The molecule has 1 aromatic rings. The molecule has 0 saturated heterocycles. The minimum atomic E-state index is -4.25. The molecular formula is C10H15O3SY-. The van der Waals surface area contributed by atoms with Crippen LogP contribution < -0.4 is 0 Å². The summed E-state index contributed by atoms with van der Waals surface area (Å²) in [6.07, 6.45) is 0. The molecular weight excluding hydrogens is 289 g/mol. The van der Waals surface area contributed by atoms with Gasteiger partial charge in [-0.25, -0.2) is 8.42 Å². The van der Waals surface area contributed by atoms with E-state index in [4.69, 9.17) is 0 Å². The van der Waals surface area contributed by atoms with Crippen molar-refractivity contribution in [1.29, 1.82) is 0 Å². The summed E-state index contributed by atoms with van der Waals surface area (Å²) in [5.74, 6) is 0.833. The molecule has 15 heavy (non-hydrogen) atoms. The summed E-state index contributed by atoms with van der Waals surface area (Å²) in [7, 11) is -4.25. The van der Waals surface area contributed by atoms with Gasteiger partial charge in [-0.05, 0) is 18.1 Å². The maximum atomic E-state index is 10.3. The molecule has 0 aliphatic heterocycles. The third kappa shape index (κ3) is 10.5. The fourth-order valence-corrected chi connectivity index (χ4v) is 1.08. The van der Waals surface area contributed by atoms with Crippen LogP contribution >= 0.6 is 0 Å². The quantitative estimate of drug-likeness (QED) is 0.748. The molecule has 0 bridgehead atoms. The van der Waals surface area contributed by atoms with E-state index in [2.05, 4.69) is 20.8 Å². The van der Waals surface area contributed by atoms with E-state index in [0.29, 0.717) is 0 Å². The third-order valence-electron chi connectivity index (χ3n) is 1.03. The Morgan fingerprint density at radius 1 is 1.07 bits per heavy atom. The van der Waals surface area contributed by atoms with Crippen LogP contribution in [0.4, 0.5) is 0 Å². The number of rotatable bonds is 1. The van der Waals surface area contributed by atoms with Gasteiger partial charge in [0.15, 0.2) is 0 Å². The standard InChI is InChI=1S/C6H6O3S.C4H10.Y/c7-10(8,9)6-4-2-1-3-5-6;1-4(2)3;/h1-5H,(H,7,8,9);4H,1-3H3;/p-1. The fourth-order valence-electron chi connectivity index (χ4n) is 0.587. The molecule has 0 fully saturated rings. The number of hydrogen-bond donors (Lipinski definition) is 0. The third-order valence-corrected chi connectivity index (χ3v) is 1.88. The molecule has 0 aromatic heterocycles. The first-order valence-corrected chi connectivity index (χ1v) is 5.76. The van der Waals surface area contributed by atoms with Gasteiger partial charge < -0.3 is 4.55 Å². The van der Waals surface area contributed by atoms with Crippen molar-refractivity contribution in [3.8, 4) is 0 Å².